The predicted molar refractivity (Wildman–Crippen MR) is 93.6 cm³/mol. The summed E-state index contributed by atoms with van der Waals surface area (Å²) in [7, 11) is 0. The first-order chi connectivity index (χ1) is 11.7. The Kier molecular flexibility index (Phi) is 5.32. The number of amides is 1. The Morgan fingerprint density at radius 1 is 1.00 bits per heavy atom. The highest BCUT2D eigenvalue weighted by atomic mass is 16.6. The fraction of sp³-hybridized carbons (Fsp3) is 0.263. The molecule has 1 amide bonds. The number of aromatic hydroxyl groups is 1. The summed E-state index contributed by atoms with van der Waals surface area (Å²) in [4.78, 5) is 25.8. The van der Waals surface area contributed by atoms with E-state index in [1.54, 1.807) is 51.1 Å². The molecule has 0 aliphatic rings. The van der Waals surface area contributed by atoms with Crippen LogP contribution in [0.3, 0.4) is 0 Å². The van der Waals surface area contributed by atoms with Crippen molar-refractivity contribution in [2.45, 2.75) is 32.4 Å². The molecule has 25 heavy (non-hydrogen) atoms. The summed E-state index contributed by atoms with van der Waals surface area (Å²) >= 11 is 0. The zero-order chi connectivity index (χ0) is 18.6. The Balaban J connectivity index is 2.52. The lowest BCUT2D eigenvalue weighted by atomic mass is 10.0. The van der Waals surface area contributed by atoms with Gasteiger partial charge in [-0.25, -0.2) is 9.59 Å². The topological polar surface area (TPSA) is 87.1 Å². The number of benzene rings is 2. The molecule has 2 rings (SSSR count). The molecule has 1 unspecified atom stereocenters. The first-order valence-electron chi connectivity index (χ1n) is 7.78. The number of hydrogen-bond acceptors (Lipinski definition) is 4. The molecule has 1 atom stereocenters. The third kappa shape index (κ3) is 4.73. The van der Waals surface area contributed by atoms with E-state index in [4.69, 9.17) is 4.74 Å². The van der Waals surface area contributed by atoms with Gasteiger partial charge in [0.2, 0.25) is 0 Å². The summed E-state index contributed by atoms with van der Waals surface area (Å²) in [5.41, 5.74) is -0.0282. The Hall–Kier alpha value is -3.02. The van der Waals surface area contributed by atoms with Crippen LogP contribution >= 0.6 is 0 Å². The van der Waals surface area contributed by atoms with Crippen LogP contribution in [0.15, 0.2) is 54.6 Å². The molecule has 0 spiro atoms. The first kappa shape index (κ1) is 18.3. The van der Waals surface area contributed by atoms with Crippen LogP contribution in [0.4, 0.5) is 10.5 Å². The van der Waals surface area contributed by atoms with Gasteiger partial charge in [0.15, 0.2) is 6.04 Å². The highest BCUT2D eigenvalue weighted by Crippen LogP contribution is 2.30. The summed E-state index contributed by atoms with van der Waals surface area (Å²) in [6.45, 7) is 5.14. The van der Waals surface area contributed by atoms with Crippen LogP contribution in [0.1, 0.15) is 32.4 Å². The van der Waals surface area contributed by atoms with E-state index in [-0.39, 0.29) is 5.75 Å². The number of ether oxygens (including phenoxy) is 1. The summed E-state index contributed by atoms with van der Waals surface area (Å²) in [6.07, 6.45) is -0.765. The van der Waals surface area contributed by atoms with Crippen molar-refractivity contribution in [3.8, 4) is 5.75 Å². The molecular weight excluding hydrogens is 322 g/mol. The maximum absolute atomic E-state index is 12.7. The lowest BCUT2D eigenvalue weighted by Crippen LogP contribution is -2.42. The average Bonchev–Trinajstić information content (AvgIpc) is 2.52. The van der Waals surface area contributed by atoms with Gasteiger partial charge < -0.3 is 14.9 Å². The molecule has 0 saturated heterocycles. The van der Waals surface area contributed by atoms with Crippen LogP contribution in [0.25, 0.3) is 0 Å². The smallest absolute Gasteiger partial charge is 0.415 e. The van der Waals surface area contributed by atoms with Gasteiger partial charge in [0.05, 0.1) is 0 Å². The molecule has 0 saturated carbocycles. The number of phenolic OH excluding ortho intramolecular Hbond substituents is 1. The monoisotopic (exact) mass is 343 g/mol. The summed E-state index contributed by atoms with van der Waals surface area (Å²) in [6, 6.07) is 12.9. The lowest BCUT2D eigenvalue weighted by molar-refractivity contribution is -0.138. The van der Waals surface area contributed by atoms with E-state index < -0.39 is 23.7 Å². The summed E-state index contributed by atoms with van der Waals surface area (Å²) in [5.74, 6) is -1.20. The molecule has 0 heterocycles. The number of aliphatic carboxylic acids is 1. The van der Waals surface area contributed by atoms with Gasteiger partial charge >= 0.3 is 12.1 Å². The molecule has 2 aromatic carbocycles. The van der Waals surface area contributed by atoms with Crippen LogP contribution < -0.4 is 4.90 Å². The predicted octanol–water partition coefficient (Wildman–Crippen LogP) is 3.96. The average molecular weight is 343 g/mol. The van der Waals surface area contributed by atoms with Crippen LogP contribution in [0, 0.1) is 0 Å². The number of rotatable bonds is 4. The molecule has 2 N–H and O–H groups in total. The standard InChI is InChI=1S/C19H21NO5/c1-19(2,3)25-18(24)20(14-7-5-4-6-8-14)16(17(22)23)13-9-11-15(21)12-10-13/h4-12,16,21H,1-3H3,(H,22,23). The first-order valence-corrected chi connectivity index (χ1v) is 7.78. The Morgan fingerprint density at radius 3 is 2.04 bits per heavy atom. The van der Waals surface area contributed by atoms with E-state index in [0.29, 0.717) is 11.3 Å². The number of hydrogen-bond donors (Lipinski definition) is 2. The Labute approximate surface area is 146 Å². The van der Waals surface area contributed by atoms with Crippen molar-refractivity contribution in [2.75, 3.05) is 4.90 Å². The van der Waals surface area contributed by atoms with E-state index in [1.165, 1.54) is 24.3 Å². The quantitative estimate of drug-likeness (QED) is 0.877. The molecule has 2 aromatic rings. The summed E-state index contributed by atoms with van der Waals surface area (Å²) in [5, 5.41) is 19.2. The zero-order valence-corrected chi connectivity index (χ0v) is 14.3. The number of carbonyl (C=O) groups excluding carboxylic acids is 1. The maximum Gasteiger partial charge on any atom is 0.415 e. The van der Waals surface area contributed by atoms with Gasteiger partial charge in [-0.15, -0.1) is 0 Å². The van der Waals surface area contributed by atoms with E-state index >= 15 is 0 Å². The van der Waals surface area contributed by atoms with Crippen molar-refractivity contribution in [1.82, 2.24) is 0 Å². The van der Waals surface area contributed by atoms with Crippen molar-refractivity contribution in [3.05, 3.63) is 60.2 Å². The highest BCUT2D eigenvalue weighted by Gasteiger charge is 2.35. The van der Waals surface area contributed by atoms with Crippen molar-refractivity contribution in [3.63, 3.8) is 0 Å². The number of para-hydroxylation sites is 1. The SMILES string of the molecule is CC(C)(C)OC(=O)N(c1ccccc1)C(C(=O)O)c1ccc(O)cc1. The van der Waals surface area contributed by atoms with Gasteiger partial charge in [-0.05, 0) is 50.6 Å². The second-order valence-corrected chi connectivity index (χ2v) is 6.52. The third-order valence-electron chi connectivity index (χ3n) is 3.33. The zero-order valence-electron chi connectivity index (χ0n) is 14.3. The van der Waals surface area contributed by atoms with E-state index in [2.05, 4.69) is 0 Å². The lowest BCUT2D eigenvalue weighted by Gasteiger charge is -2.31. The van der Waals surface area contributed by atoms with E-state index in [9.17, 15) is 19.8 Å². The molecule has 0 aliphatic carbocycles. The minimum Gasteiger partial charge on any atom is -0.508 e. The van der Waals surface area contributed by atoms with Gasteiger partial charge in [-0.1, -0.05) is 30.3 Å². The molecule has 132 valence electrons. The number of carboxylic acids is 1. The van der Waals surface area contributed by atoms with Crippen molar-refractivity contribution in [2.24, 2.45) is 0 Å². The van der Waals surface area contributed by atoms with E-state index in [1.807, 2.05) is 0 Å². The maximum atomic E-state index is 12.7. The minimum absolute atomic E-state index is 0.0106. The van der Waals surface area contributed by atoms with Crippen molar-refractivity contribution >= 4 is 17.7 Å². The molecule has 0 aromatic heterocycles. The van der Waals surface area contributed by atoms with Crippen molar-refractivity contribution < 1.29 is 24.5 Å². The molecule has 6 heteroatoms. The summed E-state index contributed by atoms with van der Waals surface area (Å²) < 4.78 is 5.40. The second-order valence-electron chi connectivity index (χ2n) is 6.52. The third-order valence-corrected chi connectivity index (χ3v) is 3.33. The fourth-order valence-corrected chi connectivity index (χ4v) is 2.32. The number of nitrogens with zero attached hydrogens (tertiary/aromatic N) is 1. The van der Waals surface area contributed by atoms with Crippen LogP contribution in [-0.2, 0) is 9.53 Å². The minimum atomic E-state index is -1.29. The van der Waals surface area contributed by atoms with E-state index in [0.717, 1.165) is 4.90 Å². The van der Waals surface area contributed by atoms with Gasteiger partial charge in [-0.2, -0.15) is 0 Å². The Morgan fingerprint density at radius 2 is 1.56 bits per heavy atom. The molecule has 0 radical (unpaired) electrons. The molecule has 0 aliphatic heterocycles. The van der Waals surface area contributed by atoms with Gasteiger partial charge in [0, 0.05) is 5.69 Å². The van der Waals surface area contributed by atoms with Gasteiger partial charge in [-0.3, -0.25) is 4.90 Å². The van der Waals surface area contributed by atoms with Crippen LogP contribution in [0.5, 0.6) is 5.75 Å². The molecule has 0 bridgehead atoms. The Bertz CT molecular complexity index is 735. The molecular formula is C19H21NO5. The fourth-order valence-electron chi connectivity index (χ4n) is 2.32. The largest absolute Gasteiger partial charge is 0.508 e. The van der Waals surface area contributed by atoms with Crippen molar-refractivity contribution in [1.29, 1.82) is 0 Å². The molecule has 0 fully saturated rings. The van der Waals surface area contributed by atoms with Gasteiger partial charge in [0.25, 0.3) is 0 Å². The second kappa shape index (κ2) is 7.25. The number of anilines is 1. The van der Waals surface area contributed by atoms with Crippen LogP contribution in [-0.4, -0.2) is 27.9 Å². The highest BCUT2D eigenvalue weighted by molar-refractivity contribution is 5.96. The molecule has 6 nitrogen and oxygen atoms in total. The number of carbonyl (C=O) groups is 2. The number of phenols is 1. The number of carboxylic acid groups (broad SMARTS) is 1. The normalized spacial score (nSPS) is 12.3. The van der Waals surface area contributed by atoms with Crippen LogP contribution in [0.2, 0.25) is 0 Å². The van der Waals surface area contributed by atoms with Gasteiger partial charge in [0.1, 0.15) is 11.4 Å².